The summed E-state index contributed by atoms with van der Waals surface area (Å²) in [6.45, 7) is 3.29. The summed E-state index contributed by atoms with van der Waals surface area (Å²) < 4.78 is 10.6. The number of hydrogen-bond donors (Lipinski definition) is 0. The molecule has 1 aromatic rings. The Balaban J connectivity index is 1.58. The fraction of sp³-hybridized carbons (Fsp3) is 0.571. The van der Waals surface area contributed by atoms with Crippen LogP contribution in [-0.2, 0) is 19.1 Å². The molecule has 2 saturated heterocycles. The van der Waals surface area contributed by atoms with E-state index in [2.05, 4.69) is 0 Å². The van der Waals surface area contributed by atoms with E-state index in [9.17, 15) is 14.4 Å². The first-order chi connectivity index (χ1) is 13.5. The second kappa shape index (κ2) is 9.08. The van der Waals surface area contributed by atoms with Crippen LogP contribution in [0.2, 0.25) is 0 Å². The Labute approximate surface area is 165 Å². The molecular formula is C21H28N2O5. The minimum atomic E-state index is -0.827. The van der Waals surface area contributed by atoms with E-state index >= 15 is 0 Å². The molecule has 2 atom stereocenters. The maximum absolute atomic E-state index is 12.6. The molecule has 2 fully saturated rings. The first-order valence-corrected chi connectivity index (χ1v) is 9.93. The normalized spacial score (nSPS) is 21.2. The number of methoxy groups -OCH3 is 1. The van der Waals surface area contributed by atoms with Crippen molar-refractivity contribution in [3.63, 3.8) is 0 Å². The predicted octanol–water partition coefficient (Wildman–Crippen LogP) is 2.38. The summed E-state index contributed by atoms with van der Waals surface area (Å²) in [5.41, 5.74) is 0.688. The van der Waals surface area contributed by atoms with Gasteiger partial charge in [0.1, 0.15) is 5.75 Å². The van der Waals surface area contributed by atoms with Gasteiger partial charge in [-0.1, -0.05) is 18.9 Å². The zero-order valence-corrected chi connectivity index (χ0v) is 16.6. The summed E-state index contributed by atoms with van der Waals surface area (Å²) in [7, 11) is 1.56. The van der Waals surface area contributed by atoms with Crippen LogP contribution in [0.4, 0.5) is 5.69 Å². The number of likely N-dealkylation sites (tertiary alicyclic amines) is 1. The van der Waals surface area contributed by atoms with Gasteiger partial charge in [0, 0.05) is 37.8 Å². The number of anilines is 1. The van der Waals surface area contributed by atoms with Crippen LogP contribution >= 0.6 is 0 Å². The molecule has 0 aromatic heterocycles. The molecule has 7 heteroatoms. The highest BCUT2D eigenvalue weighted by Crippen LogP contribution is 2.28. The highest BCUT2D eigenvalue weighted by molar-refractivity contribution is 5.99. The first-order valence-electron chi connectivity index (χ1n) is 9.93. The van der Waals surface area contributed by atoms with Crippen LogP contribution in [0, 0.1) is 5.92 Å². The summed E-state index contributed by atoms with van der Waals surface area (Å²) >= 11 is 0. The molecule has 0 radical (unpaired) electrons. The van der Waals surface area contributed by atoms with E-state index in [-0.39, 0.29) is 24.8 Å². The Kier molecular flexibility index (Phi) is 6.54. The summed E-state index contributed by atoms with van der Waals surface area (Å²) in [6.07, 6.45) is 3.48. The lowest BCUT2D eigenvalue weighted by Crippen LogP contribution is -2.41. The molecule has 152 valence electrons. The third kappa shape index (κ3) is 4.64. The molecule has 2 aliphatic rings. The van der Waals surface area contributed by atoms with E-state index in [0.29, 0.717) is 24.5 Å². The van der Waals surface area contributed by atoms with Crippen LogP contribution < -0.4 is 9.64 Å². The van der Waals surface area contributed by atoms with Crippen molar-refractivity contribution in [1.82, 2.24) is 4.90 Å². The molecule has 1 aromatic carbocycles. The van der Waals surface area contributed by atoms with Crippen LogP contribution in [0.3, 0.4) is 0 Å². The summed E-state index contributed by atoms with van der Waals surface area (Å²) in [4.78, 5) is 40.9. The molecule has 0 spiro atoms. The van der Waals surface area contributed by atoms with E-state index in [4.69, 9.17) is 9.47 Å². The molecule has 28 heavy (non-hydrogen) atoms. The lowest BCUT2D eigenvalue weighted by Gasteiger charge is -2.24. The van der Waals surface area contributed by atoms with Crippen molar-refractivity contribution in [1.29, 1.82) is 0 Å². The quantitative estimate of drug-likeness (QED) is 0.724. The number of hydrogen-bond acceptors (Lipinski definition) is 5. The number of rotatable bonds is 5. The van der Waals surface area contributed by atoms with E-state index in [1.54, 1.807) is 48.1 Å². The van der Waals surface area contributed by atoms with Gasteiger partial charge in [0.15, 0.2) is 6.10 Å². The van der Waals surface area contributed by atoms with Crippen molar-refractivity contribution >= 4 is 23.5 Å². The van der Waals surface area contributed by atoms with Crippen LogP contribution in [0.1, 0.15) is 39.0 Å². The highest BCUT2D eigenvalue weighted by atomic mass is 16.5. The highest BCUT2D eigenvalue weighted by Gasteiger charge is 2.38. The molecule has 7 nitrogen and oxygen atoms in total. The second-order valence-corrected chi connectivity index (χ2v) is 7.43. The number of carbonyl (C=O) groups is 3. The van der Waals surface area contributed by atoms with Gasteiger partial charge in [-0.05, 0) is 31.9 Å². The molecule has 2 unspecified atom stereocenters. The Hall–Kier alpha value is -2.57. The van der Waals surface area contributed by atoms with Crippen molar-refractivity contribution in [3.05, 3.63) is 24.3 Å². The first kappa shape index (κ1) is 20.2. The third-order valence-corrected chi connectivity index (χ3v) is 5.38. The number of benzene rings is 1. The standard InChI is InChI=1S/C21H28N2O5/c1-15(20(25)22-10-5-3-4-6-11-22)28-21(26)16-12-19(24)23(14-16)17-8-7-9-18(13-17)27-2/h7-9,13,15-16H,3-6,10-12,14H2,1-2H3. The van der Waals surface area contributed by atoms with Crippen molar-refractivity contribution in [2.75, 3.05) is 31.6 Å². The van der Waals surface area contributed by atoms with Gasteiger partial charge in [-0.2, -0.15) is 0 Å². The zero-order valence-electron chi connectivity index (χ0n) is 16.6. The molecule has 0 N–H and O–H groups in total. The van der Waals surface area contributed by atoms with Gasteiger partial charge in [0.2, 0.25) is 5.91 Å². The lowest BCUT2D eigenvalue weighted by molar-refractivity contribution is -0.162. The topological polar surface area (TPSA) is 76.2 Å². The minimum absolute atomic E-state index is 0.0840. The largest absolute Gasteiger partial charge is 0.497 e. The second-order valence-electron chi connectivity index (χ2n) is 7.43. The summed E-state index contributed by atoms with van der Waals surface area (Å²) in [6, 6.07) is 7.16. The fourth-order valence-electron chi connectivity index (χ4n) is 3.76. The SMILES string of the molecule is COc1cccc(N2CC(C(=O)OC(C)C(=O)N3CCCCCC3)CC2=O)c1. The van der Waals surface area contributed by atoms with Crippen molar-refractivity contribution in [2.24, 2.45) is 5.92 Å². The Morgan fingerprint density at radius 3 is 2.54 bits per heavy atom. The van der Waals surface area contributed by atoms with Crippen LogP contribution in [0.25, 0.3) is 0 Å². The molecule has 0 saturated carbocycles. The number of esters is 1. The monoisotopic (exact) mass is 388 g/mol. The maximum Gasteiger partial charge on any atom is 0.312 e. The molecule has 3 rings (SSSR count). The van der Waals surface area contributed by atoms with Crippen molar-refractivity contribution in [2.45, 2.75) is 45.1 Å². The van der Waals surface area contributed by atoms with Gasteiger partial charge in [0.25, 0.3) is 5.91 Å². The predicted molar refractivity (Wildman–Crippen MR) is 104 cm³/mol. The molecule has 0 bridgehead atoms. The Morgan fingerprint density at radius 2 is 1.86 bits per heavy atom. The number of nitrogens with zero attached hydrogens (tertiary/aromatic N) is 2. The lowest BCUT2D eigenvalue weighted by atomic mass is 10.1. The van der Waals surface area contributed by atoms with E-state index in [0.717, 1.165) is 25.7 Å². The molecule has 2 aliphatic heterocycles. The Morgan fingerprint density at radius 1 is 1.14 bits per heavy atom. The van der Waals surface area contributed by atoms with Gasteiger partial charge in [-0.25, -0.2) is 0 Å². The van der Waals surface area contributed by atoms with E-state index < -0.39 is 18.0 Å². The molecular weight excluding hydrogens is 360 g/mol. The van der Waals surface area contributed by atoms with Crippen LogP contribution in [0.15, 0.2) is 24.3 Å². The average Bonchev–Trinajstić information content (AvgIpc) is 2.91. The van der Waals surface area contributed by atoms with E-state index in [1.807, 2.05) is 0 Å². The number of ether oxygens (including phenoxy) is 2. The van der Waals surface area contributed by atoms with Crippen LogP contribution in [-0.4, -0.2) is 55.5 Å². The maximum atomic E-state index is 12.6. The average molecular weight is 388 g/mol. The molecule has 2 heterocycles. The van der Waals surface area contributed by atoms with Gasteiger partial charge in [-0.3, -0.25) is 14.4 Å². The number of amides is 2. The summed E-state index contributed by atoms with van der Waals surface area (Å²) in [5.74, 6) is -0.702. The summed E-state index contributed by atoms with van der Waals surface area (Å²) in [5, 5.41) is 0. The fourth-order valence-corrected chi connectivity index (χ4v) is 3.76. The third-order valence-electron chi connectivity index (χ3n) is 5.38. The minimum Gasteiger partial charge on any atom is -0.497 e. The van der Waals surface area contributed by atoms with Crippen LogP contribution in [0.5, 0.6) is 5.75 Å². The molecule has 2 amide bonds. The van der Waals surface area contributed by atoms with Gasteiger partial charge >= 0.3 is 5.97 Å². The van der Waals surface area contributed by atoms with Gasteiger partial charge in [0.05, 0.1) is 13.0 Å². The van der Waals surface area contributed by atoms with Gasteiger partial charge < -0.3 is 19.3 Å². The molecule has 0 aliphatic carbocycles. The number of carbonyl (C=O) groups excluding carboxylic acids is 3. The van der Waals surface area contributed by atoms with Crippen molar-refractivity contribution in [3.8, 4) is 5.75 Å². The van der Waals surface area contributed by atoms with E-state index in [1.165, 1.54) is 0 Å². The Bertz CT molecular complexity index is 727. The van der Waals surface area contributed by atoms with Crippen molar-refractivity contribution < 1.29 is 23.9 Å². The zero-order chi connectivity index (χ0) is 20.1. The smallest absolute Gasteiger partial charge is 0.312 e. The van der Waals surface area contributed by atoms with Gasteiger partial charge in [-0.15, -0.1) is 0 Å².